The number of benzene rings is 1. The monoisotopic (exact) mass is 288 g/mol. The molecule has 0 atom stereocenters. The summed E-state index contributed by atoms with van der Waals surface area (Å²) in [5.41, 5.74) is 9.69. The van der Waals surface area contributed by atoms with Crippen molar-refractivity contribution < 1.29 is 18.9 Å². The number of rotatable bonds is 2. The van der Waals surface area contributed by atoms with Gasteiger partial charge >= 0.3 is 37.4 Å². The van der Waals surface area contributed by atoms with Crippen molar-refractivity contribution in [3.05, 3.63) is 30.3 Å². The van der Waals surface area contributed by atoms with Crippen LogP contribution in [-0.2, 0) is 4.57 Å². The summed E-state index contributed by atoms with van der Waals surface area (Å²) in [7, 11) is -4.39. The second kappa shape index (κ2) is 15.1. The molecule has 1 aromatic rings. The minimum atomic E-state index is -4.39. The van der Waals surface area contributed by atoms with E-state index in [1.165, 1.54) is 12.1 Å². The Kier molecular flexibility index (Phi) is 19.5. The second-order valence-corrected chi connectivity index (χ2v) is 3.88. The average molecular weight is 288 g/mol. The van der Waals surface area contributed by atoms with E-state index in [4.69, 9.17) is 21.3 Å². The molecule has 18 heavy (non-hydrogen) atoms. The predicted molar refractivity (Wildman–Crippen MR) is 75.7 cm³/mol. The maximum absolute atomic E-state index is 10.3. The zero-order valence-corrected chi connectivity index (χ0v) is 11.0. The Hall–Kier alpha value is 0.0900. The molecule has 6 N–H and O–H groups in total. The number of hydrogen-bond donors (Lipinski definition) is 4. The molecule has 0 heterocycles. The first kappa shape index (κ1) is 23.2. The van der Waals surface area contributed by atoms with Crippen molar-refractivity contribution in [1.82, 2.24) is 0 Å². The van der Waals surface area contributed by atoms with Crippen molar-refractivity contribution in [2.24, 2.45) is 11.5 Å². The second-order valence-electron chi connectivity index (χ2n) is 2.71. The van der Waals surface area contributed by atoms with Gasteiger partial charge in [0.05, 0.1) is 0 Å². The molecule has 8 heteroatoms. The van der Waals surface area contributed by atoms with Crippen LogP contribution in [0.2, 0.25) is 0 Å². The van der Waals surface area contributed by atoms with Gasteiger partial charge in [0.2, 0.25) is 0 Å². The van der Waals surface area contributed by atoms with Crippen molar-refractivity contribution >= 4 is 37.4 Å². The summed E-state index contributed by atoms with van der Waals surface area (Å²) in [6, 6.07) is 7.93. The minimum absolute atomic E-state index is 0. The van der Waals surface area contributed by atoms with E-state index in [2.05, 4.69) is 4.52 Å². The van der Waals surface area contributed by atoms with Crippen LogP contribution in [0.1, 0.15) is 13.8 Å². The van der Waals surface area contributed by atoms with E-state index in [1.54, 1.807) is 18.2 Å². The third-order valence-electron chi connectivity index (χ3n) is 0.968. The quantitative estimate of drug-likeness (QED) is 0.463. The van der Waals surface area contributed by atoms with Crippen LogP contribution in [0.15, 0.2) is 30.3 Å². The number of phosphoric acid groups is 1. The van der Waals surface area contributed by atoms with Gasteiger partial charge in [0.1, 0.15) is 5.75 Å². The predicted octanol–water partition coefficient (Wildman–Crippen LogP) is 0.440. The van der Waals surface area contributed by atoms with Gasteiger partial charge in [-0.2, -0.15) is 0 Å². The third kappa shape index (κ3) is 21.4. The fraction of sp³-hybridized carbons (Fsp3) is 0.400. The molecule has 0 aromatic heterocycles. The fourth-order valence-electron chi connectivity index (χ4n) is 0.619. The standard InChI is InChI=1S/C6H7O4P.2C2H7N.Na.H/c7-11(8,9)10-6-4-2-1-3-5-6;2*1-2-3;;/h1-5H,(H2,7,8,9);2*2-3H2,1H3;;. The van der Waals surface area contributed by atoms with Gasteiger partial charge in [-0.3, -0.25) is 9.79 Å². The Morgan fingerprint density at radius 1 is 1.11 bits per heavy atom. The molecule has 0 aliphatic rings. The molecule has 0 spiro atoms. The van der Waals surface area contributed by atoms with Crippen molar-refractivity contribution in [2.75, 3.05) is 13.1 Å². The molecule has 1 aromatic carbocycles. The molecule has 0 amide bonds. The van der Waals surface area contributed by atoms with Gasteiger partial charge in [0.25, 0.3) is 0 Å². The van der Waals surface area contributed by atoms with Gasteiger partial charge in [0, 0.05) is 0 Å². The SMILES string of the molecule is CCN.CCN.O=P(O)(O)Oc1ccccc1.[NaH]. The van der Waals surface area contributed by atoms with Crippen LogP contribution in [0.3, 0.4) is 0 Å². The van der Waals surface area contributed by atoms with E-state index in [0.717, 1.165) is 13.1 Å². The summed E-state index contributed by atoms with van der Waals surface area (Å²) in [5, 5.41) is 0. The molecule has 0 bridgehead atoms. The van der Waals surface area contributed by atoms with Crippen molar-refractivity contribution in [3.8, 4) is 5.75 Å². The Morgan fingerprint density at radius 3 is 1.72 bits per heavy atom. The number of phosphoric ester groups is 1. The fourth-order valence-corrected chi connectivity index (χ4v) is 1.02. The maximum atomic E-state index is 10.3. The number of para-hydroxylation sites is 1. The van der Waals surface area contributed by atoms with Gasteiger partial charge < -0.3 is 16.0 Å². The summed E-state index contributed by atoms with van der Waals surface area (Å²) in [5.74, 6) is 0.167. The van der Waals surface area contributed by atoms with Gasteiger partial charge in [-0.25, -0.2) is 4.57 Å². The number of nitrogens with two attached hydrogens (primary N) is 2. The molecule has 0 saturated carbocycles. The Balaban J connectivity index is -0.000000276. The summed E-state index contributed by atoms with van der Waals surface area (Å²) < 4.78 is 14.5. The van der Waals surface area contributed by atoms with Crippen LogP contribution in [0.5, 0.6) is 5.75 Å². The third-order valence-corrected chi connectivity index (χ3v) is 1.42. The van der Waals surface area contributed by atoms with Crippen LogP contribution in [0.4, 0.5) is 0 Å². The molecule has 0 saturated heterocycles. The average Bonchev–Trinajstić information content (AvgIpc) is 2.19. The van der Waals surface area contributed by atoms with E-state index >= 15 is 0 Å². The summed E-state index contributed by atoms with van der Waals surface area (Å²) in [4.78, 5) is 16.7. The van der Waals surface area contributed by atoms with Gasteiger partial charge in [-0.1, -0.05) is 32.0 Å². The normalized spacial score (nSPS) is 8.78. The molecule has 102 valence electrons. The molecule has 0 aliphatic heterocycles. The van der Waals surface area contributed by atoms with E-state index in [0.29, 0.717) is 0 Å². The molecule has 0 aliphatic carbocycles. The summed E-state index contributed by atoms with van der Waals surface area (Å²) in [6.07, 6.45) is 0. The van der Waals surface area contributed by atoms with Crippen LogP contribution in [0, 0.1) is 0 Å². The Bertz CT molecular complexity index is 306. The first-order valence-corrected chi connectivity index (χ1v) is 6.64. The van der Waals surface area contributed by atoms with Crippen LogP contribution in [-0.4, -0.2) is 52.4 Å². The molecular formula is C10H22N2NaO4P. The zero-order valence-electron chi connectivity index (χ0n) is 10.1. The summed E-state index contributed by atoms with van der Waals surface area (Å²) in [6.45, 7) is 5.31. The Labute approximate surface area is 130 Å². The van der Waals surface area contributed by atoms with Crippen LogP contribution in [0.25, 0.3) is 0 Å². The molecule has 0 unspecified atom stereocenters. The molecular weight excluding hydrogens is 266 g/mol. The number of hydrogen-bond acceptors (Lipinski definition) is 4. The molecule has 0 fully saturated rings. The van der Waals surface area contributed by atoms with E-state index in [9.17, 15) is 4.57 Å². The van der Waals surface area contributed by atoms with Gasteiger partial charge in [-0.05, 0) is 25.2 Å². The van der Waals surface area contributed by atoms with Crippen LogP contribution < -0.4 is 16.0 Å². The first-order chi connectivity index (χ1) is 7.91. The van der Waals surface area contributed by atoms with Crippen molar-refractivity contribution in [1.29, 1.82) is 0 Å². The van der Waals surface area contributed by atoms with Crippen molar-refractivity contribution in [3.63, 3.8) is 0 Å². The van der Waals surface area contributed by atoms with Crippen LogP contribution >= 0.6 is 7.82 Å². The van der Waals surface area contributed by atoms with Gasteiger partial charge in [-0.15, -0.1) is 0 Å². The topological polar surface area (TPSA) is 119 Å². The molecule has 1 rings (SSSR count). The van der Waals surface area contributed by atoms with E-state index < -0.39 is 7.82 Å². The Morgan fingerprint density at radius 2 is 1.44 bits per heavy atom. The van der Waals surface area contributed by atoms with E-state index in [-0.39, 0.29) is 35.3 Å². The first-order valence-electron chi connectivity index (χ1n) is 5.11. The van der Waals surface area contributed by atoms with E-state index in [1.807, 2.05) is 13.8 Å². The molecule has 6 nitrogen and oxygen atoms in total. The van der Waals surface area contributed by atoms with Gasteiger partial charge in [0.15, 0.2) is 0 Å². The van der Waals surface area contributed by atoms with Crippen molar-refractivity contribution in [2.45, 2.75) is 13.8 Å². The zero-order chi connectivity index (χ0) is 13.7. The summed E-state index contributed by atoms with van der Waals surface area (Å²) >= 11 is 0. The molecule has 0 radical (unpaired) electrons.